The van der Waals surface area contributed by atoms with Crippen LogP contribution in [-0.4, -0.2) is 20.9 Å². The summed E-state index contributed by atoms with van der Waals surface area (Å²) in [5.74, 6) is -0.508. The van der Waals surface area contributed by atoms with Crippen molar-refractivity contribution in [1.82, 2.24) is 14.6 Å². The number of alkyl halides is 3. The SMILES string of the molecule is O=Cc1cn2nc(-c3ccc(F)cc3)cc(C(F)(F)F)c2n1. The molecule has 0 fully saturated rings. The molecule has 0 saturated heterocycles. The quantitative estimate of drug-likeness (QED) is 0.538. The molecule has 3 aromatic rings. The Hall–Kier alpha value is -2.77. The van der Waals surface area contributed by atoms with Crippen molar-refractivity contribution in [3.05, 3.63) is 53.6 Å². The zero-order valence-corrected chi connectivity index (χ0v) is 10.8. The van der Waals surface area contributed by atoms with Crippen LogP contribution < -0.4 is 0 Å². The Morgan fingerprint density at radius 1 is 1.14 bits per heavy atom. The molecule has 0 N–H and O–H groups in total. The lowest BCUT2D eigenvalue weighted by molar-refractivity contribution is -0.136. The lowest BCUT2D eigenvalue weighted by Gasteiger charge is -2.10. The summed E-state index contributed by atoms with van der Waals surface area (Å²) in [5, 5.41) is 3.99. The second-order valence-corrected chi connectivity index (χ2v) is 4.50. The molecule has 0 radical (unpaired) electrons. The molecule has 0 amide bonds. The van der Waals surface area contributed by atoms with Gasteiger partial charge in [0.05, 0.1) is 11.9 Å². The van der Waals surface area contributed by atoms with E-state index in [1.807, 2.05) is 0 Å². The van der Waals surface area contributed by atoms with Gasteiger partial charge in [0.1, 0.15) is 17.1 Å². The highest BCUT2D eigenvalue weighted by atomic mass is 19.4. The van der Waals surface area contributed by atoms with Gasteiger partial charge >= 0.3 is 6.18 Å². The topological polar surface area (TPSA) is 47.3 Å². The number of imidazole rings is 1. The van der Waals surface area contributed by atoms with E-state index in [-0.39, 0.29) is 11.4 Å². The van der Waals surface area contributed by atoms with Crippen LogP contribution in [-0.2, 0) is 6.18 Å². The molecule has 0 saturated carbocycles. The summed E-state index contributed by atoms with van der Waals surface area (Å²) in [5.41, 5.74) is -1.32. The molecule has 2 heterocycles. The molecule has 3 rings (SSSR count). The highest BCUT2D eigenvalue weighted by Crippen LogP contribution is 2.34. The fourth-order valence-electron chi connectivity index (χ4n) is 2.02. The molecule has 0 aliphatic heterocycles. The fourth-order valence-corrected chi connectivity index (χ4v) is 2.02. The average molecular weight is 309 g/mol. The Kier molecular flexibility index (Phi) is 3.16. The third kappa shape index (κ3) is 2.43. The van der Waals surface area contributed by atoms with E-state index in [9.17, 15) is 22.4 Å². The number of rotatable bonds is 2. The molecule has 0 unspecified atom stereocenters. The Morgan fingerprint density at radius 2 is 1.82 bits per heavy atom. The first-order valence-electron chi connectivity index (χ1n) is 6.07. The van der Waals surface area contributed by atoms with Crippen LogP contribution in [0.1, 0.15) is 16.1 Å². The van der Waals surface area contributed by atoms with Crippen LogP contribution in [0.4, 0.5) is 17.6 Å². The monoisotopic (exact) mass is 309 g/mol. The minimum atomic E-state index is -4.66. The summed E-state index contributed by atoms with van der Waals surface area (Å²) in [4.78, 5) is 14.3. The van der Waals surface area contributed by atoms with E-state index in [4.69, 9.17) is 0 Å². The van der Waals surface area contributed by atoms with Crippen LogP contribution in [0.15, 0.2) is 36.5 Å². The zero-order chi connectivity index (χ0) is 15.9. The van der Waals surface area contributed by atoms with Crippen LogP contribution in [0.5, 0.6) is 0 Å². The second kappa shape index (κ2) is 4.90. The molecule has 1 aromatic carbocycles. The standard InChI is InChI=1S/C14H7F4N3O/c15-9-3-1-8(2-4-9)12-5-11(14(16,17)18)13-19-10(7-22)6-21(13)20-12/h1-7H. The summed E-state index contributed by atoms with van der Waals surface area (Å²) in [6.45, 7) is 0. The third-order valence-corrected chi connectivity index (χ3v) is 3.01. The van der Waals surface area contributed by atoms with Gasteiger partial charge in [-0.2, -0.15) is 18.3 Å². The summed E-state index contributed by atoms with van der Waals surface area (Å²) in [6.07, 6.45) is -3.22. The second-order valence-electron chi connectivity index (χ2n) is 4.50. The van der Waals surface area contributed by atoms with E-state index < -0.39 is 23.2 Å². The first-order chi connectivity index (χ1) is 10.4. The van der Waals surface area contributed by atoms with E-state index in [0.717, 1.165) is 28.9 Å². The van der Waals surface area contributed by atoms with E-state index in [1.54, 1.807) is 0 Å². The molecule has 0 bridgehead atoms. The number of carbonyl (C=O) groups is 1. The Balaban J connectivity index is 2.28. The molecule has 22 heavy (non-hydrogen) atoms. The number of aldehydes is 1. The van der Waals surface area contributed by atoms with Gasteiger partial charge in [-0.05, 0) is 30.3 Å². The molecule has 0 aliphatic rings. The number of halogens is 4. The predicted molar refractivity (Wildman–Crippen MR) is 68.8 cm³/mol. The highest BCUT2D eigenvalue weighted by Gasteiger charge is 2.35. The van der Waals surface area contributed by atoms with Crippen molar-refractivity contribution in [2.75, 3.05) is 0 Å². The van der Waals surface area contributed by atoms with Gasteiger partial charge in [0, 0.05) is 5.56 Å². The first kappa shape index (κ1) is 14.2. The largest absolute Gasteiger partial charge is 0.420 e. The highest BCUT2D eigenvalue weighted by molar-refractivity contribution is 5.74. The van der Waals surface area contributed by atoms with Crippen LogP contribution in [0, 0.1) is 5.82 Å². The first-order valence-corrected chi connectivity index (χ1v) is 6.07. The maximum absolute atomic E-state index is 13.2. The molecule has 4 nitrogen and oxygen atoms in total. The molecule has 0 spiro atoms. The van der Waals surface area contributed by atoms with Gasteiger partial charge < -0.3 is 0 Å². The maximum Gasteiger partial charge on any atom is 0.420 e. The van der Waals surface area contributed by atoms with Crippen molar-refractivity contribution >= 4 is 11.9 Å². The number of aromatic nitrogens is 3. The minimum absolute atomic E-state index is 0.00493. The summed E-state index contributed by atoms with van der Waals surface area (Å²) < 4.78 is 53.3. The predicted octanol–water partition coefficient (Wildman–Crippen LogP) is 3.37. The fraction of sp³-hybridized carbons (Fsp3) is 0.0714. The van der Waals surface area contributed by atoms with E-state index in [2.05, 4.69) is 10.1 Å². The van der Waals surface area contributed by atoms with Gasteiger partial charge in [-0.15, -0.1) is 0 Å². The van der Waals surface area contributed by atoms with Gasteiger partial charge in [0.25, 0.3) is 0 Å². The number of hydrogen-bond donors (Lipinski definition) is 0. The van der Waals surface area contributed by atoms with Gasteiger partial charge in [0.2, 0.25) is 0 Å². The van der Waals surface area contributed by atoms with Crippen molar-refractivity contribution < 1.29 is 22.4 Å². The van der Waals surface area contributed by atoms with Crippen LogP contribution in [0.3, 0.4) is 0 Å². The zero-order valence-electron chi connectivity index (χ0n) is 10.8. The maximum atomic E-state index is 13.2. The molecule has 0 aliphatic carbocycles. The van der Waals surface area contributed by atoms with Crippen molar-refractivity contribution in [2.24, 2.45) is 0 Å². The number of benzene rings is 1. The number of fused-ring (bicyclic) bond motifs is 1. The Morgan fingerprint density at radius 3 is 2.41 bits per heavy atom. The smallest absolute Gasteiger partial charge is 0.296 e. The molecular formula is C14H7F4N3O. The minimum Gasteiger partial charge on any atom is -0.296 e. The van der Waals surface area contributed by atoms with Gasteiger partial charge in [-0.1, -0.05) is 0 Å². The van der Waals surface area contributed by atoms with Gasteiger partial charge in [-0.3, -0.25) is 4.79 Å². The molecule has 2 aromatic heterocycles. The van der Waals surface area contributed by atoms with Crippen molar-refractivity contribution in [3.63, 3.8) is 0 Å². The molecular weight excluding hydrogens is 302 g/mol. The summed E-state index contributed by atoms with van der Waals surface area (Å²) in [7, 11) is 0. The number of carbonyl (C=O) groups excluding carboxylic acids is 1. The van der Waals surface area contributed by atoms with Crippen LogP contribution >= 0.6 is 0 Å². The Bertz CT molecular complexity index is 853. The normalized spacial score (nSPS) is 11.8. The van der Waals surface area contributed by atoms with E-state index in [0.29, 0.717) is 11.8 Å². The average Bonchev–Trinajstić information content (AvgIpc) is 2.88. The van der Waals surface area contributed by atoms with Crippen molar-refractivity contribution in [1.29, 1.82) is 0 Å². The summed E-state index contributed by atoms with van der Waals surface area (Å²) in [6, 6.07) is 5.71. The van der Waals surface area contributed by atoms with Gasteiger partial charge in [-0.25, -0.2) is 13.9 Å². The lowest BCUT2D eigenvalue weighted by Crippen LogP contribution is -2.10. The van der Waals surface area contributed by atoms with E-state index >= 15 is 0 Å². The number of hydrogen-bond acceptors (Lipinski definition) is 3. The molecule has 8 heteroatoms. The van der Waals surface area contributed by atoms with Crippen LogP contribution in [0.2, 0.25) is 0 Å². The van der Waals surface area contributed by atoms with Crippen LogP contribution in [0.25, 0.3) is 16.9 Å². The molecule has 0 atom stereocenters. The third-order valence-electron chi connectivity index (χ3n) is 3.01. The van der Waals surface area contributed by atoms with E-state index in [1.165, 1.54) is 12.1 Å². The van der Waals surface area contributed by atoms with Gasteiger partial charge in [0.15, 0.2) is 11.9 Å². The molecule has 112 valence electrons. The number of nitrogens with zero attached hydrogens (tertiary/aromatic N) is 3. The Labute approximate surface area is 121 Å². The van der Waals surface area contributed by atoms with Crippen molar-refractivity contribution in [3.8, 4) is 11.3 Å². The lowest BCUT2D eigenvalue weighted by atomic mass is 10.1. The summed E-state index contributed by atoms with van der Waals surface area (Å²) >= 11 is 0. The van der Waals surface area contributed by atoms with Crippen molar-refractivity contribution in [2.45, 2.75) is 6.18 Å².